The van der Waals surface area contributed by atoms with Crippen molar-refractivity contribution in [3.63, 3.8) is 0 Å². The highest BCUT2D eigenvalue weighted by Gasteiger charge is 2.40. The normalized spacial score (nSPS) is 21.4. The molecule has 0 aromatic rings. The zero-order valence-corrected chi connectivity index (χ0v) is 20.2. The number of unbranched alkanes of at least 4 members (excludes halogenated alkanes) is 1. The lowest BCUT2D eigenvalue weighted by atomic mass is 10.1. The molecule has 2 rings (SSSR count). The Balaban J connectivity index is 2.09. The Bertz CT molecular complexity index is 788. The predicted octanol–water partition coefficient (Wildman–Crippen LogP) is -1.95. The molecule has 2 aliphatic heterocycles. The third-order valence-corrected chi connectivity index (χ3v) is 6.51. The second kappa shape index (κ2) is 13.8. The van der Waals surface area contributed by atoms with Gasteiger partial charge in [-0.3, -0.25) is 19.4 Å². The van der Waals surface area contributed by atoms with Gasteiger partial charge in [-0.15, -0.1) is 0 Å². The first kappa shape index (κ1) is 28.3. The number of carboxylic acids is 1. The number of likely N-dealkylation sites (tertiary alicyclic amines) is 2. The van der Waals surface area contributed by atoms with Crippen LogP contribution in [0.25, 0.3) is 0 Å². The maximum atomic E-state index is 13.3. The largest absolute Gasteiger partial charge is 0.480 e. The van der Waals surface area contributed by atoms with Crippen molar-refractivity contribution in [3.8, 4) is 0 Å². The molecule has 0 bridgehead atoms. The third-order valence-electron chi connectivity index (χ3n) is 6.51. The van der Waals surface area contributed by atoms with Crippen LogP contribution in [-0.2, 0) is 19.2 Å². The van der Waals surface area contributed by atoms with E-state index in [9.17, 15) is 24.3 Å². The van der Waals surface area contributed by atoms with Gasteiger partial charge in [0.15, 0.2) is 5.96 Å². The van der Waals surface area contributed by atoms with Gasteiger partial charge in [-0.25, -0.2) is 4.79 Å². The van der Waals surface area contributed by atoms with Crippen LogP contribution in [0.3, 0.4) is 0 Å². The van der Waals surface area contributed by atoms with Gasteiger partial charge < -0.3 is 43.2 Å². The van der Waals surface area contributed by atoms with Crippen molar-refractivity contribution in [1.29, 1.82) is 0 Å². The third kappa shape index (κ3) is 8.06. The van der Waals surface area contributed by atoms with Crippen LogP contribution in [0.15, 0.2) is 4.99 Å². The van der Waals surface area contributed by atoms with E-state index in [1.54, 1.807) is 0 Å². The summed E-state index contributed by atoms with van der Waals surface area (Å²) in [5, 5.41) is 12.3. The van der Waals surface area contributed by atoms with E-state index in [1.165, 1.54) is 9.80 Å². The van der Waals surface area contributed by atoms with Gasteiger partial charge in [0.1, 0.15) is 18.1 Å². The number of amides is 3. The van der Waals surface area contributed by atoms with Crippen molar-refractivity contribution in [3.05, 3.63) is 0 Å². The fourth-order valence-electron chi connectivity index (χ4n) is 4.66. The smallest absolute Gasteiger partial charge is 0.326 e. The summed E-state index contributed by atoms with van der Waals surface area (Å²) in [6, 6.07) is -3.32. The first-order chi connectivity index (χ1) is 16.7. The molecule has 2 aliphatic rings. The molecule has 0 aromatic heterocycles. The van der Waals surface area contributed by atoms with E-state index < -0.39 is 42.0 Å². The van der Waals surface area contributed by atoms with Crippen molar-refractivity contribution in [2.24, 2.45) is 27.9 Å². The maximum absolute atomic E-state index is 13.3. The van der Waals surface area contributed by atoms with E-state index in [0.29, 0.717) is 58.2 Å². The average molecular weight is 497 g/mol. The number of aliphatic carboxylic acids is 1. The number of rotatable bonds is 13. The minimum atomic E-state index is -1.07. The average Bonchev–Trinajstić information content (AvgIpc) is 3.50. The van der Waals surface area contributed by atoms with Crippen LogP contribution in [0.4, 0.5) is 0 Å². The van der Waals surface area contributed by atoms with E-state index in [2.05, 4.69) is 10.3 Å². The number of nitrogens with one attached hydrogen (secondary N) is 1. The monoisotopic (exact) mass is 496 g/mol. The quantitative estimate of drug-likeness (QED) is 0.0945. The first-order valence-corrected chi connectivity index (χ1v) is 12.3. The van der Waals surface area contributed by atoms with E-state index >= 15 is 0 Å². The molecule has 198 valence electrons. The Kier molecular flexibility index (Phi) is 11.2. The minimum absolute atomic E-state index is 0.0784. The van der Waals surface area contributed by atoms with Crippen molar-refractivity contribution < 1.29 is 24.3 Å². The van der Waals surface area contributed by atoms with Crippen LogP contribution >= 0.6 is 0 Å². The van der Waals surface area contributed by atoms with Crippen molar-refractivity contribution in [2.75, 3.05) is 26.2 Å². The van der Waals surface area contributed by atoms with E-state index in [0.717, 1.165) is 12.8 Å². The van der Waals surface area contributed by atoms with E-state index in [1.807, 2.05) is 0 Å². The number of nitrogens with zero attached hydrogens (tertiary/aromatic N) is 3. The van der Waals surface area contributed by atoms with Gasteiger partial charge in [-0.2, -0.15) is 0 Å². The topological polar surface area (TPSA) is 223 Å². The Hall–Kier alpha value is -2.93. The lowest BCUT2D eigenvalue weighted by molar-refractivity contribution is -0.150. The number of carboxylic acid groups (broad SMARTS) is 1. The van der Waals surface area contributed by atoms with Gasteiger partial charge in [0.2, 0.25) is 17.7 Å². The van der Waals surface area contributed by atoms with Crippen molar-refractivity contribution >= 4 is 29.7 Å². The van der Waals surface area contributed by atoms with Crippen molar-refractivity contribution in [2.45, 2.75) is 82.0 Å². The van der Waals surface area contributed by atoms with Crippen LogP contribution in [0.1, 0.15) is 57.8 Å². The van der Waals surface area contributed by atoms with Gasteiger partial charge in [0.25, 0.3) is 0 Å². The summed E-state index contributed by atoms with van der Waals surface area (Å²) in [6.45, 7) is 1.50. The zero-order chi connectivity index (χ0) is 26.0. The number of nitrogens with two attached hydrogens (primary N) is 4. The van der Waals surface area contributed by atoms with Gasteiger partial charge in [0, 0.05) is 19.6 Å². The highest BCUT2D eigenvalue weighted by molar-refractivity contribution is 5.94. The molecule has 10 N–H and O–H groups in total. The van der Waals surface area contributed by atoms with Crippen LogP contribution in [0.5, 0.6) is 0 Å². The van der Waals surface area contributed by atoms with Crippen molar-refractivity contribution in [1.82, 2.24) is 15.1 Å². The SMILES string of the molecule is NCCCCC(N)C(=O)N1CCCC1C(=O)NC(CCCN=C(N)N)C(=O)N1CCCC1C(=O)O. The number of hydrogen-bond acceptors (Lipinski definition) is 7. The zero-order valence-electron chi connectivity index (χ0n) is 20.2. The summed E-state index contributed by atoms with van der Waals surface area (Å²) < 4.78 is 0. The Morgan fingerprint density at radius 3 is 2.17 bits per heavy atom. The molecule has 4 unspecified atom stereocenters. The molecule has 2 fully saturated rings. The summed E-state index contributed by atoms with van der Waals surface area (Å²) in [5.41, 5.74) is 22.3. The number of carbonyl (C=O) groups excluding carboxylic acids is 3. The van der Waals surface area contributed by atoms with Crippen LogP contribution < -0.4 is 28.3 Å². The number of guanidine groups is 1. The molecular formula is C22H40N8O5. The molecule has 0 saturated carbocycles. The van der Waals surface area contributed by atoms with Gasteiger partial charge >= 0.3 is 5.97 Å². The maximum Gasteiger partial charge on any atom is 0.326 e. The van der Waals surface area contributed by atoms with Gasteiger partial charge in [0.05, 0.1) is 6.04 Å². The fourth-order valence-corrected chi connectivity index (χ4v) is 4.66. The summed E-state index contributed by atoms with van der Waals surface area (Å²) in [6.07, 6.45) is 4.65. The molecule has 2 saturated heterocycles. The number of carbonyl (C=O) groups is 4. The Morgan fingerprint density at radius 1 is 0.943 bits per heavy atom. The molecule has 35 heavy (non-hydrogen) atoms. The van der Waals surface area contributed by atoms with E-state index in [4.69, 9.17) is 22.9 Å². The Labute approximate surface area is 205 Å². The molecule has 2 heterocycles. The van der Waals surface area contributed by atoms with E-state index in [-0.39, 0.29) is 24.8 Å². The second-order valence-corrected chi connectivity index (χ2v) is 9.12. The number of aliphatic imine (C=N–C) groups is 1. The summed E-state index contributed by atoms with van der Waals surface area (Å²) in [5.74, 6) is -2.35. The van der Waals surface area contributed by atoms with Gasteiger partial charge in [-0.05, 0) is 57.9 Å². The first-order valence-electron chi connectivity index (χ1n) is 12.3. The summed E-state index contributed by atoms with van der Waals surface area (Å²) in [7, 11) is 0. The summed E-state index contributed by atoms with van der Waals surface area (Å²) in [4.78, 5) is 57.6. The molecule has 13 heteroatoms. The second-order valence-electron chi connectivity index (χ2n) is 9.12. The summed E-state index contributed by atoms with van der Waals surface area (Å²) >= 11 is 0. The standard InChI is InChI=1S/C22H40N8O5/c23-10-2-1-6-14(24)19(32)29-12-4-8-16(29)18(31)28-15(7-3-11-27-22(25)26)20(33)30-13-5-9-17(30)21(34)35/h14-17H,1-13,23-24H2,(H,28,31)(H,34,35)(H4,25,26,27). The van der Waals surface area contributed by atoms with Crippen LogP contribution in [0, 0.1) is 0 Å². The Morgan fingerprint density at radius 2 is 1.57 bits per heavy atom. The number of hydrogen-bond donors (Lipinski definition) is 6. The molecular weight excluding hydrogens is 456 g/mol. The van der Waals surface area contributed by atoms with Gasteiger partial charge in [-0.1, -0.05) is 6.42 Å². The molecule has 4 atom stereocenters. The lowest BCUT2D eigenvalue weighted by Gasteiger charge is -2.30. The molecule has 3 amide bonds. The molecule has 0 radical (unpaired) electrons. The molecule has 13 nitrogen and oxygen atoms in total. The highest BCUT2D eigenvalue weighted by atomic mass is 16.4. The van der Waals surface area contributed by atoms with Crippen LogP contribution in [0.2, 0.25) is 0 Å². The molecule has 0 aliphatic carbocycles. The molecule has 0 aromatic carbocycles. The fraction of sp³-hybridized carbons (Fsp3) is 0.773. The minimum Gasteiger partial charge on any atom is -0.480 e. The highest BCUT2D eigenvalue weighted by Crippen LogP contribution is 2.22. The lowest BCUT2D eigenvalue weighted by Crippen LogP contribution is -2.56. The molecule has 0 spiro atoms. The van der Waals surface area contributed by atoms with Crippen LogP contribution in [-0.4, -0.2) is 94.9 Å². The predicted molar refractivity (Wildman–Crippen MR) is 130 cm³/mol.